The highest BCUT2D eigenvalue weighted by atomic mass is 16.6. The number of amides is 2. The van der Waals surface area contributed by atoms with Crippen molar-refractivity contribution in [3.8, 4) is 5.75 Å². The van der Waals surface area contributed by atoms with Crippen LogP contribution in [0.4, 0.5) is 4.79 Å². The Morgan fingerprint density at radius 2 is 1.77 bits per heavy atom. The first-order valence-corrected chi connectivity index (χ1v) is 9.26. The van der Waals surface area contributed by atoms with Crippen LogP contribution in [0.15, 0.2) is 24.3 Å². The van der Waals surface area contributed by atoms with Gasteiger partial charge in [0.15, 0.2) is 0 Å². The fourth-order valence-electron chi connectivity index (χ4n) is 2.78. The van der Waals surface area contributed by atoms with Crippen molar-refractivity contribution in [1.29, 1.82) is 0 Å². The van der Waals surface area contributed by atoms with E-state index < -0.39 is 5.60 Å². The summed E-state index contributed by atoms with van der Waals surface area (Å²) < 4.78 is 11.2. The fraction of sp³-hybridized carbons (Fsp3) is 0.600. The second-order valence-corrected chi connectivity index (χ2v) is 8.20. The molecule has 26 heavy (non-hydrogen) atoms. The van der Waals surface area contributed by atoms with Crippen molar-refractivity contribution < 1.29 is 19.1 Å². The molecule has 6 nitrogen and oxygen atoms in total. The first-order valence-electron chi connectivity index (χ1n) is 9.26. The Labute approximate surface area is 154 Å². The van der Waals surface area contributed by atoms with E-state index in [9.17, 15) is 9.59 Å². The van der Waals surface area contributed by atoms with Crippen molar-refractivity contribution in [3.63, 3.8) is 0 Å². The number of nitrogens with zero attached hydrogens (tertiary/aromatic N) is 1. The molecule has 1 saturated carbocycles. The number of nitrogens with one attached hydrogen (secondary N) is 1. The van der Waals surface area contributed by atoms with Crippen LogP contribution in [0.5, 0.6) is 5.75 Å². The van der Waals surface area contributed by atoms with Crippen molar-refractivity contribution in [2.75, 3.05) is 13.1 Å². The van der Waals surface area contributed by atoms with E-state index in [1.54, 1.807) is 4.90 Å². The van der Waals surface area contributed by atoms with E-state index >= 15 is 0 Å². The van der Waals surface area contributed by atoms with Crippen LogP contribution in [0.25, 0.3) is 0 Å². The molecule has 1 heterocycles. The molecule has 6 heteroatoms. The van der Waals surface area contributed by atoms with Gasteiger partial charge in [-0.3, -0.25) is 4.79 Å². The number of rotatable bonds is 5. The van der Waals surface area contributed by atoms with Crippen molar-refractivity contribution >= 4 is 12.0 Å². The van der Waals surface area contributed by atoms with Gasteiger partial charge in [0.2, 0.25) is 5.91 Å². The number of carbonyl (C=O) groups excluding carboxylic acids is 2. The summed E-state index contributed by atoms with van der Waals surface area (Å²) in [4.78, 5) is 25.4. The first kappa shape index (κ1) is 18.5. The number of benzene rings is 1. The number of likely N-dealkylation sites (tertiary alicyclic amines) is 1. The highest BCUT2D eigenvalue weighted by molar-refractivity contribution is 5.81. The molecule has 1 N–H and O–H groups in total. The third kappa shape index (κ3) is 4.90. The lowest BCUT2D eigenvalue weighted by Crippen LogP contribution is -2.57. The van der Waals surface area contributed by atoms with E-state index in [0.717, 1.165) is 24.2 Å². The maximum Gasteiger partial charge on any atom is 0.410 e. The highest BCUT2D eigenvalue weighted by Gasteiger charge is 2.35. The minimum atomic E-state index is -0.482. The number of carbonyl (C=O) groups is 2. The van der Waals surface area contributed by atoms with E-state index in [2.05, 4.69) is 5.32 Å². The van der Waals surface area contributed by atoms with Crippen molar-refractivity contribution in [2.24, 2.45) is 5.92 Å². The summed E-state index contributed by atoms with van der Waals surface area (Å²) in [7, 11) is 0. The van der Waals surface area contributed by atoms with Gasteiger partial charge in [-0.25, -0.2) is 4.79 Å². The zero-order valence-electron chi connectivity index (χ0n) is 16.0. The van der Waals surface area contributed by atoms with Gasteiger partial charge in [-0.2, -0.15) is 0 Å². The van der Waals surface area contributed by atoms with E-state index in [1.807, 2.05) is 52.0 Å². The van der Waals surface area contributed by atoms with E-state index in [1.165, 1.54) is 0 Å². The topological polar surface area (TPSA) is 67.9 Å². The van der Waals surface area contributed by atoms with Crippen LogP contribution in [-0.4, -0.2) is 41.7 Å². The van der Waals surface area contributed by atoms with Gasteiger partial charge in [0, 0.05) is 5.92 Å². The summed E-state index contributed by atoms with van der Waals surface area (Å²) in [5.74, 6) is 1.13. The molecule has 0 spiro atoms. The Kier molecular flexibility index (Phi) is 5.12. The van der Waals surface area contributed by atoms with Gasteiger partial charge in [-0.15, -0.1) is 0 Å². The molecule has 1 atom stereocenters. The highest BCUT2D eigenvalue weighted by Crippen LogP contribution is 2.30. The fourth-order valence-corrected chi connectivity index (χ4v) is 2.78. The third-order valence-electron chi connectivity index (χ3n) is 4.49. The Balaban J connectivity index is 1.44. The molecule has 0 aromatic heterocycles. The summed E-state index contributed by atoms with van der Waals surface area (Å²) in [5.41, 5.74) is 0.570. The van der Waals surface area contributed by atoms with Crippen LogP contribution in [0.3, 0.4) is 0 Å². The molecule has 1 aliphatic carbocycles. The summed E-state index contributed by atoms with van der Waals surface area (Å²) >= 11 is 0. The second kappa shape index (κ2) is 7.17. The van der Waals surface area contributed by atoms with Crippen LogP contribution in [0.1, 0.15) is 52.1 Å². The van der Waals surface area contributed by atoms with E-state index in [0.29, 0.717) is 13.1 Å². The number of hydrogen-bond acceptors (Lipinski definition) is 4. The molecular weight excluding hydrogens is 332 g/mol. The van der Waals surface area contributed by atoms with Gasteiger partial charge >= 0.3 is 6.09 Å². The minimum Gasteiger partial charge on any atom is -0.487 e. The Morgan fingerprint density at radius 3 is 2.31 bits per heavy atom. The smallest absolute Gasteiger partial charge is 0.410 e. The van der Waals surface area contributed by atoms with Gasteiger partial charge in [0.05, 0.1) is 19.1 Å². The monoisotopic (exact) mass is 360 g/mol. The summed E-state index contributed by atoms with van der Waals surface area (Å²) in [6, 6.07) is 7.74. The second-order valence-electron chi connectivity index (χ2n) is 8.20. The van der Waals surface area contributed by atoms with Crippen LogP contribution >= 0.6 is 0 Å². The molecule has 3 rings (SSSR count). The van der Waals surface area contributed by atoms with Gasteiger partial charge in [0.1, 0.15) is 17.5 Å². The van der Waals surface area contributed by atoms with E-state index in [-0.39, 0.29) is 30.1 Å². The van der Waals surface area contributed by atoms with Gasteiger partial charge in [-0.1, -0.05) is 12.1 Å². The van der Waals surface area contributed by atoms with Crippen molar-refractivity contribution in [3.05, 3.63) is 29.8 Å². The maximum absolute atomic E-state index is 11.9. The summed E-state index contributed by atoms with van der Waals surface area (Å²) in [5, 5.41) is 3.04. The lowest BCUT2D eigenvalue weighted by molar-refractivity contribution is -0.122. The molecule has 1 aromatic rings. The molecular formula is C20H28N2O4. The Hall–Kier alpha value is -2.24. The molecule has 1 aliphatic heterocycles. The number of hydrogen-bond donors (Lipinski definition) is 1. The molecule has 2 aliphatic rings. The maximum atomic E-state index is 11.9. The summed E-state index contributed by atoms with van der Waals surface area (Å²) in [6.45, 7) is 8.62. The molecule has 1 saturated heterocycles. The largest absolute Gasteiger partial charge is 0.487 e. The van der Waals surface area contributed by atoms with Crippen LogP contribution in [0, 0.1) is 5.92 Å². The van der Waals surface area contributed by atoms with Gasteiger partial charge in [-0.05, 0) is 58.2 Å². The predicted octanol–water partition coefficient (Wildman–Crippen LogP) is 3.27. The average molecular weight is 360 g/mol. The van der Waals surface area contributed by atoms with Crippen LogP contribution in [-0.2, 0) is 9.53 Å². The van der Waals surface area contributed by atoms with Crippen LogP contribution in [0.2, 0.25) is 0 Å². The van der Waals surface area contributed by atoms with Crippen molar-refractivity contribution in [2.45, 2.75) is 58.3 Å². The molecule has 1 aromatic carbocycles. The Morgan fingerprint density at radius 1 is 1.15 bits per heavy atom. The quantitative estimate of drug-likeness (QED) is 0.875. The molecule has 0 unspecified atom stereocenters. The van der Waals surface area contributed by atoms with Gasteiger partial charge in [0.25, 0.3) is 0 Å². The third-order valence-corrected chi connectivity index (χ3v) is 4.49. The van der Waals surface area contributed by atoms with E-state index in [4.69, 9.17) is 9.47 Å². The lowest BCUT2D eigenvalue weighted by atomic mass is 10.1. The molecule has 2 amide bonds. The Bertz CT molecular complexity index is 655. The molecule has 142 valence electrons. The first-order chi connectivity index (χ1) is 12.2. The molecule has 2 fully saturated rings. The predicted molar refractivity (Wildman–Crippen MR) is 97.9 cm³/mol. The minimum absolute atomic E-state index is 0.0106. The van der Waals surface area contributed by atoms with Crippen LogP contribution < -0.4 is 10.1 Å². The standard InChI is InChI=1S/C20H28N2O4/c1-13(21-18(23)15-5-6-15)14-7-9-16(10-8-14)25-17-11-22(12-17)19(24)26-20(2,3)4/h7-10,13,15,17H,5-6,11-12H2,1-4H3,(H,21,23)/t13-/m0/s1. The lowest BCUT2D eigenvalue weighted by Gasteiger charge is -2.39. The normalized spacial score (nSPS) is 18.7. The zero-order valence-corrected chi connectivity index (χ0v) is 16.0. The average Bonchev–Trinajstić information content (AvgIpc) is 3.33. The number of ether oxygens (including phenoxy) is 2. The zero-order chi connectivity index (χ0) is 18.9. The SMILES string of the molecule is C[C@H](NC(=O)C1CC1)c1ccc(OC2CN(C(=O)OC(C)(C)C)C2)cc1. The van der Waals surface area contributed by atoms with Crippen molar-refractivity contribution in [1.82, 2.24) is 10.2 Å². The molecule has 0 radical (unpaired) electrons. The van der Waals surface area contributed by atoms with Gasteiger partial charge < -0.3 is 19.7 Å². The summed E-state index contributed by atoms with van der Waals surface area (Å²) in [6.07, 6.45) is 1.70. The molecule has 0 bridgehead atoms.